The maximum atomic E-state index is 14.2. The summed E-state index contributed by atoms with van der Waals surface area (Å²) < 4.78 is 11.9. The number of ether oxygens (including phenoxy) is 2. The summed E-state index contributed by atoms with van der Waals surface area (Å²) in [7, 11) is 8.38. The minimum Gasteiger partial charge on any atom is -0.379 e. The van der Waals surface area contributed by atoms with Crippen LogP contribution in [0.15, 0.2) is 42.5 Å². The highest BCUT2D eigenvalue weighted by Crippen LogP contribution is 2.30. The Balaban J connectivity index is 1.23. The first-order chi connectivity index (χ1) is 37.1. The third-order valence-electron chi connectivity index (χ3n) is 14.2. The number of alkyl halides is 2. The first-order valence-electron chi connectivity index (χ1n) is 26.3. The van der Waals surface area contributed by atoms with Crippen LogP contribution in [0.4, 0.5) is 5.69 Å². The van der Waals surface area contributed by atoms with Crippen LogP contribution in [0.2, 0.25) is 0 Å². The molecule has 8 atom stereocenters. The lowest BCUT2D eigenvalue weighted by Crippen LogP contribution is -2.55. The van der Waals surface area contributed by atoms with Gasteiger partial charge in [-0.2, -0.15) is 0 Å². The number of carbonyl (C=O) groups is 8. The topological polar surface area (TPSA) is 289 Å². The summed E-state index contributed by atoms with van der Waals surface area (Å²) in [4.78, 5) is 119. The molecule has 0 radical (unpaired) electrons. The number of aromatic nitrogens is 2. The highest BCUT2D eigenvalue weighted by atomic mass is 79.9. The molecule has 3 aromatic rings. The second kappa shape index (κ2) is 31.8. The molecular weight excluding hydrogens is 1140 g/mol. The molecule has 24 heteroatoms. The van der Waals surface area contributed by atoms with E-state index in [2.05, 4.69) is 73.7 Å². The summed E-state index contributed by atoms with van der Waals surface area (Å²) in [6.07, 6.45) is 1.12. The number of fused-ring (bicyclic) bond motifs is 1. The zero-order chi connectivity index (χ0) is 57.8. The lowest BCUT2D eigenvalue weighted by molar-refractivity contribution is -0.146. The molecule has 1 fully saturated rings. The zero-order valence-corrected chi connectivity index (χ0v) is 49.8. The number of nitrogens with zero attached hydrogens (tertiary/aromatic N) is 5. The third kappa shape index (κ3) is 18.5. The van der Waals surface area contributed by atoms with Crippen molar-refractivity contribution >= 4 is 95.8 Å². The molecule has 4 rings (SSSR count). The Kier molecular flexibility index (Phi) is 26.5. The normalized spacial score (nSPS) is 16.1. The van der Waals surface area contributed by atoms with E-state index in [1.807, 2.05) is 46.7 Å². The number of rotatable bonds is 30. The number of hydrogen-bond acceptors (Lipinski definition) is 14. The lowest BCUT2D eigenvalue weighted by Gasteiger charge is -2.39. The van der Waals surface area contributed by atoms with Crippen molar-refractivity contribution in [2.45, 2.75) is 114 Å². The van der Waals surface area contributed by atoms with E-state index in [4.69, 9.17) is 15.2 Å². The first kappa shape index (κ1) is 64.9. The van der Waals surface area contributed by atoms with Crippen LogP contribution in [0.5, 0.6) is 0 Å². The molecule has 1 aliphatic heterocycles. The van der Waals surface area contributed by atoms with E-state index >= 15 is 0 Å². The van der Waals surface area contributed by atoms with Crippen LogP contribution in [0.25, 0.3) is 11.0 Å². The van der Waals surface area contributed by atoms with E-state index in [0.717, 1.165) is 17.0 Å². The van der Waals surface area contributed by atoms with E-state index in [-0.39, 0.29) is 73.6 Å². The molecule has 22 nitrogen and oxygen atoms in total. The number of likely N-dealkylation sites (tertiary alicyclic amines) is 1. The van der Waals surface area contributed by atoms with Gasteiger partial charge in [0.1, 0.15) is 0 Å². The Hall–Kier alpha value is -5.66. The smallest absolute Gasteiger partial charge is 0.251 e. The molecule has 2 heterocycles. The van der Waals surface area contributed by atoms with Crippen molar-refractivity contribution in [1.29, 1.82) is 0 Å². The molecular formula is C54H80Br2N12O10. The zero-order valence-electron chi connectivity index (χ0n) is 46.6. The molecule has 0 bridgehead atoms. The van der Waals surface area contributed by atoms with E-state index in [0.29, 0.717) is 59.6 Å². The van der Waals surface area contributed by atoms with Gasteiger partial charge in [-0.25, -0.2) is 9.97 Å². The first-order valence-corrected chi connectivity index (χ1v) is 28.5. The molecule has 8 amide bonds. The summed E-state index contributed by atoms with van der Waals surface area (Å²) in [6.45, 7) is 8.90. The van der Waals surface area contributed by atoms with Crippen molar-refractivity contribution in [3.05, 3.63) is 65.0 Å². The molecule has 1 aromatic heterocycles. The fourth-order valence-electron chi connectivity index (χ4n) is 9.82. The molecule has 0 spiro atoms. The standard InChI is InChI=1S/C54H80Br2N12O10/c1-11-32(4)50(67(8)48(73)30-61-54(76)49(31(2)3)66(6)7)43(77-9)23-47(72)68-20-12-13-42(68)51(78-10)33(5)52(74)63-37(26-57)21-34-14-17-36(18-15-34)62-46(71)29-59-44(69)27-58-45(70)28-60-53(75)35-16-19-38-39(22-35)65-41(25-56)40(24-55)64-38/h14-19,22,31-33,37,42-43,49-51H,11-13,20-21,23-30,57H2,1-10H3,(H,58,70)(H,59,69)(H,60,75)(H,61,76)(H,62,71)(H,63,74). The molecule has 2 aromatic carbocycles. The Bertz CT molecular complexity index is 2530. The van der Waals surface area contributed by atoms with Crippen molar-refractivity contribution in [3.63, 3.8) is 0 Å². The number of carbonyl (C=O) groups excluding carboxylic acids is 8. The summed E-state index contributed by atoms with van der Waals surface area (Å²) in [5.74, 6) is -3.92. The average Bonchev–Trinajstić information content (AvgIpc) is 3.93. The van der Waals surface area contributed by atoms with Crippen LogP contribution >= 0.6 is 31.9 Å². The number of nitrogens with two attached hydrogens (primary N) is 1. The fourth-order valence-corrected chi connectivity index (χ4v) is 10.7. The number of methoxy groups -OCH3 is 2. The maximum Gasteiger partial charge on any atom is 0.251 e. The van der Waals surface area contributed by atoms with Crippen molar-refractivity contribution in [2.24, 2.45) is 23.5 Å². The number of hydrogen-bond donors (Lipinski definition) is 7. The lowest BCUT2D eigenvalue weighted by atomic mass is 9.90. The van der Waals surface area contributed by atoms with Crippen LogP contribution in [0.3, 0.4) is 0 Å². The molecule has 0 saturated carbocycles. The van der Waals surface area contributed by atoms with Gasteiger partial charge in [-0.1, -0.05) is 85.0 Å². The summed E-state index contributed by atoms with van der Waals surface area (Å²) in [5, 5.41) is 17.0. The van der Waals surface area contributed by atoms with Gasteiger partial charge < -0.3 is 56.9 Å². The molecule has 1 aliphatic rings. The monoisotopic (exact) mass is 1210 g/mol. The van der Waals surface area contributed by atoms with Gasteiger partial charge in [0, 0.05) is 62.3 Å². The van der Waals surface area contributed by atoms with Gasteiger partial charge in [0.25, 0.3) is 5.91 Å². The van der Waals surface area contributed by atoms with Crippen molar-refractivity contribution in [2.75, 3.05) is 79.9 Å². The minimum atomic E-state index is -0.670. The summed E-state index contributed by atoms with van der Waals surface area (Å²) >= 11 is 6.81. The van der Waals surface area contributed by atoms with Crippen molar-refractivity contribution in [1.82, 2.24) is 51.3 Å². The van der Waals surface area contributed by atoms with E-state index in [1.54, 1.807) is 66.2 Å². The number of amides is 8. The Morgan fingerprint density at radius 3 is 1.96 bits per heavy atom. The van der Waals surface area contributed by atoms with Crippen LogP contribution in [-0.4, -0.2) is 183 Å². The Morgan fingerprint density at radius 2 is 1.40 bits per heavy atom. The van der Waals surface area contributed by atoms with Gasteiger partial charge in [0.05, 0.1) is 91.3 Å². The summed E-state index contributed by atoms with van der Waals surface area (Å²) in [5.41, 5.74) is 10.4. The van der Waals surface area contributed by atoms with Gasteiger partial charge in [-0.05, 0) is 81.1 Å². The van der Waals surface area contributed by atoms with Gasteiger partial charge in [-0.3, -0.25) is 43.3 Å². The largest absolute Gasteiger partial charge is 0.379 e. The molecule has 8 unspecified atom stereocenters. The number of likely N-dealkylation sites (N-methyl/N-ethyl adjacent to an activating group) is 2. The SMILES string of the molecule is CCC(C)C(C(CC(=O)N1CCCC1C(OC)C(C)C(=O)NC(CN)Cc1ccc(NC(=O)CNC(=O)CNC(=O)CNC(=O)c2ccc3nc(CBr)c(CBr)nc3c2)cc1)OC)N(C)C(=O)CNC(=O)C(C(C)C)N(C)C. The highest BCUT2D eigenvalue weighted by molar-refractivity contribution is 9.09. The maximum absolute atomic E-state index is 14.2. The summed E-state index contributed by atoms with van der Waals surface area (Å²) in [6, 6.07) is 10.1. The Labute approximate surface area is 474 Å². The van der Waals surface area contributed by atoms with E-state index < -0.39 is 72.5 Å². The van der Waals surface area contributed by atoms with Gasteiger partial charge in [-0.15, -0.1) is 0 Å². The van der Waals surface area contributed by atoms with Gasteiger partial charge in [0.2, 0.25) is 41.4 Å². The van der Waals surface area contributed by atoms with Crippen molar-refractivity contribution in [3.8, 4) is 0 Å². The number of anilines is 1. The van der Waals surface area contributed by atoms with Crippen molar-refractivity contribution < 1.29 is 47.8 Å². The highest BCUT2D eigenvalue weighted by Gasteiger charge is 2.42. The predicted molar refractivity (Wildman–Crippen MR) is 304 cm³/mol. The van der Waals surface area contributed by atoms with Gasteiger partial charge in [0.15, 0.2) is 0 Å². The van der Waals surface area contributed by atoms with E-state index in [9.17, 15) is 38.4 Å². The quantitative estimate of drug-likeness (QED) is 0.0473. The molecule has 430 valence electrons. The number of nitrogens with one attached hydrogen (secondary N) is 6. The molecule has 1 saturated heterocycles. The fraction of sp³-hybridized carbons (Fsp3) is 0.593. The molecule has 8 N–H and O–H groups in total. The van der Waals surface area contributed by atoms with Crippen LogP contribution in [0, 0.1) is 17.8 Å². The predicted octanol–water partition coefficient (Wildman–Crippen LogP) is 2.63. The van der Waals surface area contributed by atoms with Gasteiger partial charge >= 0.3 is 0 Å². The van der Waals surface area contributed by atoms with E-state index in [1.165, 1.54) is 14.2 Å². The molecule has 0 aliphatic carbocycles. The van der Waals surface area contributed by atoms with Crippen LogP contribution in [-0.2, 0) is 60.1 Å². The average molecular weight is 1220 g/mol. The number of halogens is 2. The molecule has 78 heavy (non-hydrogen) atoms. The number of benzene rings is 2. The second-order valence-electron chi connectivity index (χ2n) is 20.2. The van der Waals surface area contributed by atoms with Crippen LogP contribution in [0.1, 0.15) is 87.6 Å². The minimum absolute atomic E-state index is 0.0108. The van der Waals surface area contributed by atoms with Crippen LogP contribution < -0.4 is 37.6 Å². The third-order valence-corrected chi connectivity index (χ3v) is 15.2. The Morgan fingerprint density at radius 1 is 0.782 bits per heavy atom. The second-order valence-corrected chi connectivity index (χ2v) is 21.4.